The third kappa shape index (κ3) is 10.6. The molecule has 2 N–H and O–H groups in total. The molecule has 0 fully saturated rings. The molecule has 0 bridgehead atoms. The predicted octanol–water partition coefficient (Wildman–Crippen LogP) is 6.26. The number of nitro groups is 1. The van der Waals surface area contributed by atoms with Gasteiger partial charge in [-0.15, -0.1) is 0 Å². The van der Waals surface area contributed by atoms with Gasteiger partial charge in [-0.2, -0.15) is 0 Å². The van der Waals surface area contributed by atoms with Crippen LogP contribution in [-0.4, -0.2) is 36.4 Å². The molecule has 0 aliphatic carbocycles. The van der Waals surface area contributed by atoms with Crippen LogP contribution in [0.2, 0.25) is 0 Å². The third-order valence-corrected chi connectivity index (χ3v) is 5.94. The summed E-state index contributed by atoms with van der Waals surface area (Å²) in [4.78, 5) is 47.9. The molecule has 2 aromatic rings. The highest BCUT2D eigenvalue weighted by atomic mass is 16.6. The largest absolute Gasteiger partial charge is 0.497 e. The zero-order valence-corrected chi connectivity index (χ0v) is 22.1. The van der Waals surface area contributed by atoms with Crippen molar-refractivity contribution in [2.45, 2.75) is 71.1 Å². The number of nitrogens with one attached hydrogen (secondary N) is 2. The molecule has 0 atom stereocenters. The fourth-order valence-electron chi connectivity index (χ4n) is 3.88. The van der Waals surface area contributed by atoms with Crippen LogP contribution < -0.4 is 15.4 Å². The minimum atomic E-state index is -0.806. The van der Waals surface area contributed by atoms with Crippen LogP contribution in [0.1, 0.15) is 81.5 Å². The summed E-state index contributed by atoms with van der Waals surface area (Å²) in [5.41, 5.74) is -0.0135. The first kappa shape index (κ1) is 30.3. The minimum absolute atomic E-state index is 0.0837. The predicted molar refractivity (Wildman–Crippen MR) is 145 cm³/mol. The van der Waals surface area contributed by atoms with Gasteiger partial charge in [0.1, 0.15) is 11.4 Å². The van der Waals surface area contributed by atoms with Crippen molar-refractivity contribution in [3.63, 3.8) is 0 Å². The van der Waals surface area contributed by atoms with Gasteiger partial charge in [0.15, 0.2) is 6.61 Å². The average Bonchev–Trinajstić information content (AvgIpc) is 2.90. The molecule has 206 valence electrons. The summed E-state index contributed by atoms with van der Waals surface area (Å²) in [5, 5.41) is 16.3. The summed E-state index contributed by atoms with van der Waals surface area (Å²) >= 11 is 0. The van der Waals surface area contributed by atoms with E-state index in [4.69, 9.17) is 9.47 Å². The molecule has 0 aliphatic rings. The SMILES string of the molecule is CCCCCCCCCCCC(=O)Nc1ccccc1C(=O)OCC(=O)Nc1cc(OC)ccc1[N+](=O)[O-]. The van der Waals surface area contributed by atoms with Gasteiger partial charge in [0, 0.05) is 18.6 Å². The fourth-order valence-corrected chi connectivity index (χ4v) is 3.88. The molecule has 10 nitrogen and oxygen atoms in total. The number of carbonyl (C=O) groups is 3. The second-order valence-corrected chi connectivity index (χ2v) is 8.94. The molecule has 2 amide bonds. The van der Waals surface area contributed by atoms with Gasteiger partial charge in [0.25, 0.3) is 11.6 Å². The number of benzene rings is 2. The van der Waals surface area contributed by atoms with Gasteiger partial charge >= 0.3 is 5.97 Å². The Morgan fingerprint density at radius 2 is 1.47 bits per heavy atom. The number of amides is 2. The van der Waals surface area contributed by atoms with Gasteiger partial charge in [0.2, 0.25) is 5.91 Å². The number of methoxy groups -OCH3 is 1. The van der Waals surface area contributed by atoms with Gasteiger partial charge in [-0.05, 0) is 24.6 Å². The summed E-state index contributed by atoms with van der Waals surface area (Å²) in [6.45, 7) is 1.53. The number of hydrogen-bond acceptors (Lipinski definition) is 7. The van der Waals surface area contributed by atoms with Crippen LogP contribution in [0, 0.1) is 10.1 Å². The van der Waals surface area contributed by atoms with Crippen LogP contribution in [0.15, 0.2) is 42.5 Å². The lowest BCUT2D eigenvalue weighted by atomic mass is 10.1. The Morgan fingerprint density at radius 3 is 2.13 bits per heavy atom. The number of ether oxygens (including phenoxy) is 2. The van der Waals surface area contributed by atoms with Crippen molar-refractivity contribution in [3.8, 4) is 5.75 Å². The van der Waals surface area contributed by atoms with Crippen molar-refractivity contribution < 1.29 is 28.8 Å². The number of rotatable bonds is 17. The number of nitro benzene ring substituents is 1. The molecule has 38 heavy (non-hydrogen) atoms. The van der Waals surface area contributed by atoms with Crippen molar-refractivity contribution in [2.24, 2.45) is 0 Å². The number of hydrogen-bond donors (Lipinski definition) is 2. The molecule has 0 aromatic heterocycles. The Kier molecular flexibility index (Phi) is 13.3. The summed E-state index contributed by atoms with van der Waals surface area (Å²) in [5.74, 6) is -1.45. The molecule has 2 aromatic carbocycles. The molecule has 0 spiro atoms. The van der Waals surface area contributed by atoms with Crippen molar-refractivity contribution in [2.75, 3.05) is 24.4 Å². The molecule has 0 heterocycles. The van der Waals surface area contributed by atoms with E-state index >= 15 is 0 Å². The topological polar surface area (TPSA) is 137 Å². The quantitative estimate of drug-likeness (QED) is 0.107. The lowest BCUT2D eigenvalue weighted by molar-refractivity contribution is -0.383. The number of nitrogens with zero attached hydrogens (tertiary/aromatic N) is 1. The number of unbranched alkanes of at least 4 members (excludes halogenated alkanes) is 8. The third-order valence-electron chi connectivity index (χ3n) is 5.94. The second-order valence-electron chi connectivity index (χ2n) is 8.94. The Balaban J connectivity index is 1.82. The summed E-state index contributed by atoms with van der Waals surface area (Å²) in [7, 11) is 1.39. The minimum Gasteiger partial charge on any atom is -0.497 e. The number of esters is 1. The van der Waals surface area contributed by atoms with Crippen LogP contribution in [0.25, 0.3) is 0 Å². The Bertz CT molecular complexity index is 1090. The van der Waals surface area contributed by atoms with E-state index in [1.165, 1.54) is 69.9 Å². The lowest BCUT2D eigenvalue weighted by Crippen LogP contribution is -2.22. The molecule has 0 radical (unpaired) electrons. The van der Waals surface area contributed by atoms with E-state index in [9.17, 15) is 24.5 Å². The number of anilines is 2. The Hall–Kier alpha value is -3.95. The van der Waals surface area contributed by atoms with Gasteiger partial charge < -0.3 is 20.1 Å². The molecule has 0 saturated heterocycles. The van der Waals surface area contributed by atoms with Crippen molar-refractivity contribution in [1.29, 1.82) is 0 Å². The first-order valence-corrected chi connectivity index (χ1v) is 13.0. The second kappa shape index (κ2) is 16.7. The van der Waals surface area contributed by atoms with E-state index in [-0.39, 0.29) is 22.8 Å². The normalized spacial score (nSPS) is 10.5. The van der Waals surface area contributed by atoms with Crippen LogP contribution in [-0.2, 0) is 14.3 Å². The zero-order valence-electron chi connectivity index (χ0n) is 22.1. The first-order valence-electron chi connectivity index (χ1n) is 13.0. The Morgan fingerprint density at radius 1 is 0.842 bits per heavy atom. The van der Waals surface area contributed by atoms with E-state index in [0.717, 1.165) is 19.3 Å². The van der Waals surface area contributed by atoms with E-state index < -0.39 is 23.4 Å². The molecule has 2 rings (SSSR count). The molecule has 0 aliphatic heterocycles. The first-order chi connectivity index (χ1) is 18.3. The highest BCUT2D eigenvalue weighted by Crippen LogP contribution is 2.28. The van der Waals surface area contributed by atoms with E-state index in [0.29, 0.717) is 17.9 Å². The summed E-state index contributed by atoms with van der Waals surface area (Å²) in [6, 6.07) is 10.3. The van der Waals surface area contributed by atoms with Gasteiger partial charge in [0.05, 0.1) is 23.3 Å². The lowest BCUT2D eigenvalue weighted by Gasteiger charge is -2.11. The van der Waals surface area contributed by atoms with Gasteiger partial charge in [-0.1, -0.05) is 70.4 Å². The number of carbonyl (C=O) groups excluding carboxylic acids is 3. The van der Waals surface area contributed by atoms with Crippen molar-refractivity contribution >= 4 is 34.8 Å². The molecular formula is C28H37N3O7. The van der Waals surface area contributed by atoms with E-state index in [1.807, 2.05) is 0 Å². The van der Waals surface area contributed by atoms with E-state index in [1.54, 1.807) is 18.2 Å². The van der Waals surface area contributed by atoms with Crippen LogP contribution in [0.4, 0.5) is 17.1 Å². The fraction of sp³-hybridized carbons (Fsp3) is 0.464. The van der Waals surface area contributed by atoms with Crippen LogP contribution in [0.3, 0.4) is 0 Å². The maximum atomic E-state index is 12.6. The molecule has 0 unspecified atom stereocenters. The standard InChI is InChI=1S/C28H37N3O7/c1-3-4-5-6-7-8-9-10-11-16-26(32)29-23-15-13-12-14-22(23)28(34)38-20-27(33)30-24-19-21(37-2)17-18-25(24)31(35)36/h12-15,17-19H,3-11,16,20H2,1-2H3,(H,29,32)(H,30,33). The monoisotopic (exact) mass is 527 g/mol. The van der Waals surface area contributed by atoms with Gasteiger partial charge in [-0.3, -0.25) is 19.7 Å². The number of para-hydroxylation sites is 1. The maximum Gasteiger partial charge on any atom is 0.340 e. The highest BCUT2D eigenvalue weighted by molar-refractivity contribution is 6.02. The Labute approximate surface area is 223 Å². The molecular weight excluding hydrogens is 490 g/mol. The summed E-state index contributed by atoms with van der Waals surface area (Å²) in [6.07, 6.45) is 10.7. The zero-order chi connectivity index (χ0) is 27.8. The molecule has 10 heteroatoms. The van der Waals surface area contributed by atoms with Crippen LogP contribution >= 0.6 is 0 Å². The maximum absolute atomic E-state index is 12.6. The smallest absolute Gasteiger partial charge is 0.340 e. The summed E-state index contributed by atoms with van der Waals surface area (Å²) < 4.78 is 10.1. The van der Waals surface area contributed by atoms with Crippen LogP contribution in [0.5, 0.6) is 5.75 Å². The van der Waals surface area contributed by atoms with Gasteiger partial charge in [-0.25, -0.2) is 4.79 Å². The van der Waals surface area contributed by atoms with Crippen molar-refractivity contribution in [1.82, 2.24) is 0 Å². The molecule has 0 saturated carbocycles. The average molecular weight is 528 g/mol. The van der Waals surface area contributed by atoms with Crippen molar-refractivity contribution in [3.05, 3.63) is 58.1 Å². The van der Waals surface area contributed by atoms with E-state index in [2.05, 4.69) is 17.6 Å². The highest BCUT2D eigenvalue weighted by Gasteiger charge is 2.19.